The number of benzene rings is 1. The quantitative estimate of drug-likeness (QED) is 0.845. The highest BCUT2D eigenvalue weighted by molar-refractivity contribution is 6.30. The number of amides is 2. The summed E-state index contributed by atoms with van der Waals surface area (Å²) in [6.07, 6.45) is 1.88. The van der Waals surface area contributed by atoms with Crippen molar-refractivity contribution in [1.29, 1.82) is 0 Å². The first-order chi connectivity index (χ1) is 11.0. The second-order valence-corrected chi connectivity index (χ2v) is 6.36. The molecule has 2 aromatic rings. The number of nitrogens with zero attached hydrogens (tertiary/aromatic N) is 4. The van der Waals surface area contributed by atoms with Crippen molar-refractivity contribution in [3.05, 3.63) is 35.2 Å². The van der Waals surface area contributed by atoms with Crippen LogP contribution in [0.2, 0.25) is 5.02 Å². The molecule has 0 N–H and O–H groups in total. The molecule has 1 fully saturated rings. The van der Waals surface area contributed by atoms with Gasteiger partial charge >= 0.3 is 6.03 Å². The molecule has 1 saturated heterocycles. The second-order valence-electron chi connectivity index (χ2n) is 5.93. The summed E-state index contributed by atoms with van der Waals surface area (Å²) in [5.41, 5.74) is 0.862. The smallest absolute Gasteiger partial charge is 0.319 e. The van der Waals surface area contributed by atoms with Gasteiger partial charge < -0.3 is 14.3 Å². The van der Waals surface area contributed by atoms with Crippen LogP contribution in [0, 0.1) is 0 Å². The number of carbonyl (C=O) groups is 1. The molecule has 1 aliphatic rings. The highest BCUT2D eigenvalue weighted by Gasteiger charge is 2.29. The molecule has 0 saturated carbocycles. The Hall–Kier alpha value is -2.08. The molecule has 7 heteroatoms. The maximum absolute atomic E-state index is 12.1. The molecule has 6 nitrogen and oxygen atoms in total. The normalized spacial score (nSPS) is 18.0. The van der Waals surface area contributed by atoms with E-state index in [1.54, 1.807) is 31.1 Å². The van der Waals surface area contributed by atoms with Gasteiger partial charge in [0.2, 0.25) is 11.7 Å². The predicted octanol–water partition coefficient (Wildman–Crippen LogP) is 3.25. The van der Waals surface area contributed by atoms with Gasteiger partial charge in [-0.25, -0.2) is 4.79 Å². The first-order valence-corrected chi connectivity index (χ1v) is 7.98. The van der Waals surface area contributed by atoms with Crippen molar-refractivity contribution < 1.29 is 9.32 Å². The van der Waals surface area contributed by atoms with Crippen molar-refractivity contribution in [2.75, 3.05) is 27.2 Å². The third kappa shape index (κ3) is 3.47. The van der Waals surface area contributed by atoms with Gasteiger partial charge in [0.15, 0.2) is 0 Å². The molecule has 0 aliphatic carbocycles. The summed E-state index contributed by atoms with van der Waals surface area (Å²) in [5.74, 6) is 1.22. The van der Waals surface area contributed by atoms with Crippen LogP contribution in [0.1, 0.15) is 24.7 Å². The summed E-state index contributed by atoms with van der Waals surface area (Å²) in [7, 11) is 3.52. The summed E-state index contributed by atoms with van der Waals surface area (Å²) in [4.78, 5) is 20.0. The van der Waals surface area contributed by atoms with Crippen LogP contribution in [0.25, 0.3) is 11.4 Å². The number of hydrogen-bond acceptors (Lipinski definition) is 4. The molecule has 1 aromatic carbocycles. The summed E-state index contributed by atoms with van der Waals surface area (Å²) < 4.78 is 5.43. The van der Waals surface area contributed by atoms with E-state index in [2.05, 4.69) is 10.1 Å². The van der Waals surface area contributed by atoms with Gasteiger partial charge in [-0.05, 0) is 37.1 Å². The van der Waals surface area contributed by atoms with Gasteiger partial charge in [-0.15, -0.1) is 0 Å². The zero-order chi connectivity index (χ0) is 16.4. The Kier molecular flexibility index (Phi) is 4.52. The van der Waals surface area contributed by atoms with Gasteiger partial charge in [-0.2, -0.15) is 4.98 Å². The highest BCUT2D eigenvalue weighted by Crippen LogP contribution is 2.28. The monoisotopic (exact) mass is 334 g/mol. The van der Waals surface area contributed by atoms with Gasteiger partial charge in [-0.1, -0.05) is 16.8 Å². The lowest BCUT2D eigenvalue weighted by Gasteiger charge is -2.32. The van der Waals surface area contributed by atoms with Gasteiger partial charge in [-0.3, -0.25) is 0 Å². The largest absolute Gasteiger partial charge is 0.339 e. The van der Waals surface area contributed by atoms with E-state index < -0.39 is 0 Å². The Balaban J connectivity index is 1.74. The van der Waals surface area contributed by atoms with E-state index in [0.717, 1.165) is 24.9 Å². The second kappa shape index (κ2) is 6.58. The van der Waals surface area contributed by atoms with Crippen LogP contribution >= 0.6 is 11.6 Å². The molecule has 0 bridgehead atoms. The molecule has 0 spiro atoms. The fraction of sp³-hybridized carbons (Fsp3) is 0.438. The lowest BCUT2D eigenvalue weighted by Crippen LogP contribution is -2.44. The zero-order valence-corrected chi connectivity index (χ0v) is 14.0. The third-order valence-corrected chi connectivity index (χ3v) is 4.22. The lowest BCUT2D eigenvalue weighted by atomic mass is 9.98. The Morgan fingerprint density at radius 1 is 1.35 bits per heavy atom. The van der Waals surface area contributed by atoms with Crippen molar-refractivity contribution >= 4 is 17.6 Å². The summed E-state index contributed by atoms with van der Waals surface area (Å²) in [5, 5.41) is 4.72. The fourth-order valence-corrected chi connectivity index (χ4v) is 2.88. The van der Waals surface area contributed by atoms with Crippen LogP contribution < -0.4 is 0 Å². The van der Waals surface area contributed by atoms with E-state index in [9.17, 15) is 4.79 Å². The molecule has 0 radical (unpaired) electrons. The molecule has 1 aliphatic heterocycles. The van der Waals surface area contributed by atoms with Gasteiger partial charge in [0.25, 0.3) is 0 Å². The lowest BCUT2D eigenvalue weighted by molar-refractivity contribution is 0.149. The predicted molar refractivity (Wildman–Crippen MR) is 87.4 cm³/mol. The molecule has 1 unspecified atom stereocenters. The van der Waals surface area contributed by atoms with Crippen molar-refractivity contribution in [3.63, 3.8) is 0 Å². The van der Waals surface area contributed by atoms with Gasteiger partial charge in [0.05, 0.1) is 5.92 Å². The Labute approximate surface area is 140 Å². The van der Waals surface area contributed by atoms with Crippen LogP contribution in [-0.4, -0.2) is 53.2 Å². The number of carbonyl (C=O) groups excluding carboxylic acids is 1. The molecular weight excluding hydrogens is 316 g/mol. The molecule has 3 rings (SSSR count). The average Bonchev–Trinajstić information content (AvgIpc) is 3.05. The molecule has 122 valence electrons. The minimum absolute atomic E-state index is 0.0205. The standard InChI is InChI=1S/C16H19ClN4O2/c1-20(2)16(22)21-9-3-4-12(10-21)15-18-14(19-23-15)11-5-7-13(17)8-6-11/h5-8,12H,3-4,9-10H2,1-2H3. The molecule has 2 amide bonds. The third-order valence-electron chi connectivity index (χ3n) is 3.97. The Morgan fingerprint density at radius 3 is 2.78 bits per heavy atom. The zero-order valence-electron chi connectivity index (χ0n) is 13.2. The molecule has 23 heavy (non-hydrogen) atoms. The first kappa shape index (κ1) is 15.8. The van der Waals surface area contributed by atoms with Crippen molar-refractivity contribution in [1.82, 2.24) is 19.9 Å². The Bertz CT molecular complexity index is 684. The van der Waals surface area contributed by atoms with E-state index in [0.29, 0.717) is 23.3 Å². The summed E-state index contributed by atoms with van der Waals surface area (Å²) in [6.45, 7) is 1.38. The number of likely N-dealkylation sites (tertiary alicyclic amines) is 1. The van der Waals surface area contributed by atoms with E-state index in [1.807, 2.05) is 17.0 Å². The number of rotatable bonds is 2. The summed E-state index contributed by atoms with van der Waals surface area (Å²) >= 11 is 5.89. The average molecular weight is 335 g/mol. The number of hydrogen-bond donors (Lipinski definition) is 0. The van der Waals surface area contributed by atoms with Crippen LogP contribution in [0.15, 0.2) is 28.8 Å². The maximum atomic E-state index is 12.1. The highest BCUT2D eigenvalue weighted by atomic mass is 35.5. The van der Waals surface area contributed by atoms with Crippen LogP contribution in [-0.2, 0) is 0 Å². The minimum Gasteiger partial charge on any atom is -0.339 e. The number of halogens is 1. The topological polar surface area (TPSA) is 62.5 Å². The van der Waals surface area contributed by atoms with E-state index in [1.165, 1.54) is 0 Å². The van der Waals surface area contributed by atoms with E-state index >= 15 is 0 Å². The molecule has 1 atom stereocenters. The number of aromatic nitrogens is 2. The molecular formula is C16H19ClN4O2. The van der Waals surface area contributed by atoms with Crippen LogP contribution in [0.5, 0.6) is 0 Å². The minimum atomic E-state index is 0.0205. The van der Waals surface area contributed by atoms with E-state index in [-0.39, 0.29) is 11.9 Å². The Morgan fingerprint density at radius 2 is 2.09 bits per heavy atom. The van der Waals surface area contributed by atoms with Gasteiger partial charge in [0, 0.05) is 37.8 Å². The SMILES string of the molecule is CN(C)C(=O)N1CCCC(c2nc(-c3ccc(Cl)cc3)no2)C1. The van der Waals surface area contributed by atoms with Gasteiger partial charge in [0.1, 0.15) is 0 Å². The molecule has 1 aromatic heterocycles. The first-order valence-electron chi connectivity index (χ1n) is 7.60. The van der Waals surface area contributed by atoms with Crippen LogP contribution in [0.3, 0.4) is 0 Å². The van der Waals surface area contributed by atoms with Crippen molar-refractivity contribution in [2.24, 2.45) is 0 Å². The number of urea groups is 1. The van der Waals surface area contributed by atoms with Crippen LogP contribution in [0.4, 0.5) is 4.79 Å². The van der Waals surface area contributed by atoms with Crippen molar-refractivity contribution in [2.45, 2.75) is 18.8 Å². The summed E-state index contributed by atoms with van der Waals surface area (Å²) in [6, 6.07) is 7.34. The maximum Gasteiger partial charge on any atom is 0.319 e. The number of piperidine rings is 1. The van der Waals surface area contributed by atoms with Crippen molar-refractivity contribution in [3.8, 4) is 11.4 Å². The van der Waals surface area contributed by atoms with E-state index in [4.69, 9.17) is 16.1 Å². The fourth-order valence-electron chi connectivity index (χ4n) is 2.75. The molecule has 2 heterocycles.